The maximum atomic E-state index is 2.47. The molecule has 34 heavy (non-hydrogen) atoms. The zero-order chi connectivity index (χ0) is 24.3. The Bertz CT molecular complexity index is 1210. The first-order valence-electron chi connectivity index (χ1n) is 12.2. The molecule has 0 spiro atoms. The topological polar surface area (TPSA) is 0 Å². The Morgan fingerprint density at radius 1 is 0.647 bits per heavy atom. The molecule has 4 aromatic rings. The van der Waals surface area contributed by atoms with Crippen LogP contribution in [0.3, 0.4) is 0 Å². The van der Waals surface area contributed by atoms with Gasteiger partial charge in [-0.05, 0) is 70.7 Å². The molecular formula is C34H36. The highest BCUT2D eigenvalue weighted by Crippen LogP contribution is 2.36. The van der Waals surface area contributed by atoms with E-state index >= 15 is 0 Å². The molecule has 0 N–H and O–H groups in total. The molecule has 0 aliphatic carbocycles. The van der Waals surface area contributed by atoms with Crippen molar-refractivity contribution in [2.75, 3.05) is 0 Å². The van der Waals surface area contributed by atoms with Crippen molar-refractivity contribution in [1.29, 1.82) is 0 Å². The number of rotatable bonds is 5. The van der Waals surface area contributed by atoms with Crippen molar-refractivity contribution in [1.82, 2.24) is 0 Å². The van der Waals surface area contributed by atoms with Crippen LogP contribution in [0.15, 0.2) is 103 Å². The SMILES string of the molecule is Cc1cc(C)c(/C(=C\C(c2ccccc2)c2ccccc2)c2ccc(C(C)(C)C)cc2)c(C)c1. The third-order valence-corrected chi connectivity index (χ3v) is 6.66. The Hall–Kier alpha value is -3.38. The van der Waals surface area contributed by atoms with E-state index in [9.17, 15) is 0 Å². The normalized spacial score (nSPS) is 12.3. The Morgan fingerprint density at radius 3 is 1.56 bits per heavy atom. The lowest BCUT2D eigenvalue weighted by Crippen LogP contribution is -2.10. The third-order valence-electron chi connectivity index (χ3n) is 6.66. The van der Waals surface area contributed by atoms with Gasteiger partial charge in [0.1, 0.15) is 0 Å². The summed E-state index contributed by atoms with van der Waals surface area (Å²) in [7, 11) is 0. The van der Waals surface area contributed by atoms with E-state index in [4.69, 9.17) is 0 Å². The molecule has 0 atom stereocenters. The van der Waals surface area contributed by atoms with Crippen LogP contribution < -0.4 is 0 Å². The van der Waals surface area contributed by atoms with Crippen molar-refractivity contribution in [3.63, 3.8) is 0 Å². The van der Waals surface area contributed by atoms with Gasteiger partial charge in [0.25, 0.3) is 0 Å². The zero-order valence-electron chi connectivity index (χ0n) is 21.4. The van der Waals surface area contributed by atoms with Crippen LogP contribution in [0.25, 0.3) is 5.57 Å². The van der Waals surface area contributed by atoms with Gasteiger partial charge in [-0.1, -0.05) is 129 Å². The summed E-state index contributed by atoms with van der Waals surface area (Å²) in [6.45, 7) is 13.5. The van der Waals surface area contributed by atoms with Gasteiger partial charge >= 0.3 is 0 Å². The number of hydrogen-bond acceptors (Lipinski definition) is 0. The van der Waals surface area contributed by atoms with Gasteiger partial charge in [0.15, 0.2) is 0 Å². The Kier molecular flexibility index (Phi) is 6.89. The molecule has 0 radical (unpaired) electrons. The molecule has 4 rings (SSSR count). The van der Waals surface area contributed by atoms with Gasteiger partial charge in [0.05, 0.1) is 0 Å². The molecule has 0 unspecified atom stereocenters. The second-order valence-electron chi connectivity index (χ2n) is 10.5. The van der Waals surface area contributed by atoms with Crippen molar-refractivity contribution < 1.29 is 0 Å². The fourth-order valence-corrected chi connectivity index (χ4v) is 4.95. The molecule has 0 amide bonds. The van der Waals surface area contributed by atoms with Crippen LogP contribution >= 0.6 is 0 Å². The highest BCUT2D eigenvalue weighted by molar-refractivity contribution is 5.84. The molecule has 0 saturated heterocycles. The van der Waals surface area contributed by atoms with E-state index in [0.29, 0.717) is 0 Å². The van der Waals surface area contributed by atoms with E-state index in [1.807, 2.05) is 0 Å². The molecule has 4 aromatic carbocycles. The van der Waals surface area contributed by atoms with E-state index in [2.05, 4.69) is 145 Å². The largest absolute Gasteiger partial charge is 0.0641 e. The van der Waals surface area contributed by atoms with E-state index in [1.165, 1.54) is 50.1 Å². The standard InChI is InChI=1S/C34H36/c1-24-21-25(2)33(26(3)22-24)32(29-17-19-30(20-18-29)34(4,5)6)23-31(27-13-9-7-10-14-27)28-15-11-8-12-16-28/h7-23,31H,1-6H3/b32-23-. The Morgan fingerprint density at radius 2 is 1.12 bits per heavy atom. The van der Waals surface area contributed by atoms with Crippen LogP contribution in [0.4, 0.5) is 0 Å². The summed E-state index contributed by atoms with van der Waals surface area (Å²) in [4.78, 5) is 0. The number of allylic oxidation sites excluding steroid dienone is 1. The minimum atomic E-state index is 0.134. The van der Waals surface area contributed by atoms with Crippen molar-refractivity contribution in [2.45, 2.75) is 52.9 Å². The van der Waals surface area contributed by atoms with Gasteiger partial charge in [0.2, 0.25) is 0 Å². The molecule has 0 fully saturated rings. The summed E-state index contributed by atoms with van der Waals surface area (Å²) in [6.07, 6.45) is 2.47. The van der Waals surface area contributed by atoms with Crippen LogP contribution in [-0.2, 0) is 5.41 Å². The number of aryl methyl sites for hydroxylation is 3. The third kappa shape index (κ3) is 5.23. The molecular weight excluding hydrogens is 408 g/mol. The first kappa shape index (κ1) is 23.8. The quantitative estimate of drug-likeness (QED) is 0.288. The number of benzene rings is 4. The summed E-state index contributed by atoms with van der Waals surface area (Å²) in [6, 6.07) is 35.5. The molecule has 0 nitrogen and oxygen atoms in total. The Labute approximate surface area is 206 Å². The van der Waals surface area contributed by atoms with Gasteiger partial charge in [-0.3, -0.25) is 0 Å². The second-order valence-corrected chi connectivity index (χ2v) is 10.5. The minimum absolute atomic E-state index is 0.134. The van der Waals surface area contributed by atoms with Crippen molar-refractivity contribution in [3.8, 4) is 0 Å². The lowest BCUT2D eigenvalue weighted by atomic mass is 9.82. The predicted molar refractivity (Wildman–Crippen MR) is 148 cm³/mol. The average molecular weight is 445 g/mol. The smallest absolute Gasteiger partial charge is 0.0278 e. The first-order valence-corrected chi connectivity index (χ1v) is 12.2. The molecule has 0 saturated carbocycles. The molecule has 172 valence electrons. The van der Waals surface area contributed by atoms with Crippen LogP contribution in [0.5, 0.6) is 0 Å². The van der Waals surface area contributed by atoms with Gasteiger partial charge in [-0.2, -0.15) is 0 Å². The van der Waals surface area contributed by atoms with Crippen LogP contribution in [0, 0.1) is 20.8 Å². The van der Waals surface area contributed by atoms with Crippen molar-refractivity contribution in [3.05, 3.63) is 148 Å². The molecule has 0 heterocycles. The van der Waals surface area contributed by atoms with Crippen LogP contribution in [0.2, 0.25) is 0 Å². The predicted octanol–water partition coefficient (Wildman–Crippen LogP) is 9.17. The molecule has 0 aliphatic heterocycles. The van der Waals surface area contributed by atoms with E-state index in [-0.39, 0.29) is 11.3 Å². The van der Waals surface area contributed by atoms with Gasteiger partial charge < -0.3 is 0 Å². The lowest BCUT2D eigenvalue weighted by molar-refractivity contribution is 0.590. The summed E-state index contributed by atoms with van der Waals surface area (Å²) in [5.41, 5.74) is 12.0. The second kappa shape index (κ2) is 9.85. The molecule has 0 heteroatoms. The van der Waals surface area contributed by atoms with E-state index in [1.54, 1.807) is 0 Å². The first-order chi connectivity index (χ1) is 16.2. The highest BCUT2D eigenvalue weighted by atomic mass is 14.2. The van der Waals surface area contributed by atoms with Crippen LogP contribution in [-0.4, -0.2) is 0 Å². The molecule has 0 aromatic heterocycles. The van der Waals surface area contributed by atoms with Crippen molar-refractivity contribution >= 4 is 5.57 Å². The van der Waals surface area contributed by atoms with E-state index < -0.39 is 0 Å². The fraction of sp³-hybridized carbons (Fsp3) is 0.235. The monoisotopic (exact) mass is 444 g/mol. The van der Waals surface area contributed by atoms with Gasteiger partial charge in [0, 0.05) is 5.92 Å². The van der Waals surface area contributed by atoms with Crippen LogP contribution in [0.1, 0.15) is 71.2 Å². The molecule has 0 aliphatic rings. The minimum Gasteiger partial charge on any atom is -0.0641 e. The number of hydrogen-bond donors (Lipinski definition) is 0. The summed E-state index contributed by atoms with van der Waals surface area (Å²) >= 11 is 0. The zero-order valence-corrected chi connectivity index (χ0v) is 21.4. The maximum absolute atomic E-state index is 2.47. The Balaban J connectivity index is 1.96. The highest BCUT2D eigenvalue weighted by Gasteiger charge is 2.19. The maximum Gasteiger partial charge on any atom is 0.0278 e. The van der Waals surface area contributed by atoms with Crippen molar-refractivity contribution in [2.24, 2.45) is 0 Å². The average Bonchev–Trinajstić information content (AvgIpc) is 2.81. The van der Waals surface area contributed by atoms with E-state index in [0.717, 1.165) is 0 Å². The summed E-state index contributed by atoms with van der Waals surface area (Å²) in [5, 5.41) is 0. The van der Waals surface area contributed by atoms with Gasteiger partial charge in [-0.15, -0.1) is 0 Å². The lowest BCUT2D eigenvalue weighted by Gasteiger charge is -2.22. The molecule has 0 bridgehead atoms. The summed E-state index contributed by atoms with van der Waals surface area (Å²) in [5.74, 6) is 0.166. The van der Waals surface area contributed by atoms with Gasteiger partial charge in [-0.25, -0.2) is 0 Å². The fourth-order valence-electron chi connectivity index (χ4n) is 4.95. The summed E-state index contributed by atoms with van der Waals surface area (Å²) < 4.78 is 0.